The monoisotopic (exact) mass is 264 g/mol. The summed E-state index contributed by atoms with van der Waals surface area (Å²) in [7, 11) is 0. The molecule has 0 saturated carbocycles. The summed E-state index contributed by atoms with van der Waals surface area (Å²) in [6.45, 7) is 1.92. The topological polar surface area (TPSA) is 17.1 Å². The van der Waals surface area contributed by atoms with E-state index in [0.717, 1.165) is 17.5 Å². The molecule has 0 aliphatic rings. The molecule has 2 rings (SSSR count). The molecular weight excluding hydrogens is 252 g/mol. The van der Waals surface area contributed by atoms with Gasteiger partial charge in [0.25, 0.3) is 0 Å². The first-order valence-electron chi connectivity index (χ1n) is 5.47. The number of thiophene rings is 1. The molecule has 0 amide bonds. The zero-order valence-corrected chi connectivity index (χ0v) is 11.1. The Hall–Kier alpha value is -1.12. The first kappa shape index (κ1) is 12.3. The van der Waals surface area contributed by atoms with Gasteiger partial charge in [0.1, 0.15) is 0 Å². The molecule has 0 unspecified atom stereocenters. The quantitative estimate of drug-likeness (QED) is 0.742. The van der Waals surface area contributed by atoms with Crippen molar-refractivity contribution in [2.24, 2.45) is 0 Å². The lowest BCUT2D eigenvalue weighted by Gasteiger charge is -2.04. The average Bonchev–Trinajstić information content (AvgIpc) is 2.78. The van der Waals surface area contributed by atoms with Gasteiger partial charge in [-0.2, -0.15) is 11.3 Å². The van der Waals surface area contributed by atoms with Gasteiger partial charge in [0.15, 0.2) is 5.78 Å². The van der Waals surface area contributed by atoms with E-state index < -0.39 is 0 Å². The lowest BCUT2D eigenvalue weighted by molar-refractivity contribution is 0.0982. The minimum atomic E-state index is 0.186. The van der Waals surface area contributed by atoms with Gasteiger partial charge in [-0.3, -0.25) is 4.79 Å². The number of hydrogen-bond acceptors (Lipinski definition) is 2. The molecule has 1 aromatic heterocycles. The third-order valence-corrected chi connectivity index (χ3v) is 3.68. The number of benzene rings is 1. The van der Waals surface area contributed by atoms with Crippen LogP contribution < -0.4 is 0 Å². The number of ketones is 1. The van der Waals surface area contributed by atoms with Crippen LogP contribution >= 0.6 is 22.9 Å². The maximum absolute atomic E-state index is 12.0. The molecule has 0 saturated heterocycles. The highest BCUT2D eigenvalue weighted by Crippen LogP contribution is 2.18. The van der Waals surface area contributed by atoms with E-state index in [1.54, 1.807) is 17.4 Å². The van der Waals surface area contributed by atoms with Gasteiger partial charge in [0, 0.05) is 17.0 Å². The molecule has 3 heteroatoms. The third kappa shape index (κ3) is 3.18. The fraction of sp³-hybridized carbons (Fsp3) is 0.214. The summed E-state index contributed by atoms with van der Waals surface area (Å²) in [4.78, 5) is 12.0. The van der Waals surface area contributed by atoms with Crippen molar-refractivity contribution in [2.45, 2.75) is 19.8 Å². The third-order valence-electron chi connectivity index (χ3n) is 2.71. The van der Waals surface area contributed by atoms with E-state index in [-0.39, 0.29) is 5.78 Å². The molecular formula is C14H13ClOS. The maximum Gasteiger partial charge on any atom is 0.163 e. The number of hydrogen-bond donors (Lipinski definition) is 0. The molecule has 1 aromatic carbocycles. The van der Waals surface area contributed by atoms with Crippen LogP contribution in [0.4, 0.5) is 0 Å². The van der Waals surface area contributed by atoms with Gasteiger partial charge in [-0.1, -0.05) is 11.6 Å². The van der Waals surface area contributed by atoms with Gasteiger partial charge in [-0.05, 0) is 59.5 Å². The van der Waals surface area contributed by atoms with Crippen LogP contribution in [0.5, 0.6) is 0 Å². The Labute approximate surface area is 110 Å². The van der Waals surface area contributed by atoms with Crippen LogP contribution in [0.25, 0.3) is 0 Å². The van der Waals surface area contributed by atoms with Gasteiger partial charge >= 0.3 is 0 Å². The normalized spacial score (nSPS) is 10.5. The van der Waals surface area contributed by atoms with E-state index in [0.29, 0.717) is 11.4 Å². The summed E-state index contributed by atoms with van der Waals surface area (Å²) in [6, 6.07) is 7.48. The Balaban J connectivity index is 2.04. The highest BCUT2D eigenvalue weighted by molar-refractivity contribution is 7.07. The minimum Gasteiger partial charge on any atom is -0.294 e. The summed E-state index contributed by atoms with van der Waals surface area (Å²) in [5.41, 5.74) is 2.97. The van der Waals surface area contributed by atoms with Crippen LogP contribution in [0.2, 0.25) is 5.02 Å². The second kappa shape index (κ2) is 5.48. The predicted molar refractivity (Wildman–Crippen MR) is 73.2 cm³/mol. The summed E-state index contributed by atoms with van der Waals surface area (Å²) in [5, 5.41) is 4.80. The summed E-state index contributed by atoms with van der Waals surface area (Å²) < 4.78 is 0. The highest BCUT2D eigenvalue weighted by atomic mass is 35.5. The number of carbonyl (C=O) groups excluding carboxylic acids is 1. The van der Waals surface area contributed by atoms with E-state index in [9.17, 15) is 4.79 Å². The fourth-order valence-corrected chi connectivity index (χ4v) is 2.70. The molecule has 0 fully saturated rings. The lowest BCUT2D eigenvalue weighted by Crippen LogP contribution is -2.03. The Morgan fingerprint density at radius 2 is 2.18 bits per heavy atom. The van der Waals surface area contributed by atoms with Crippen LogP contribution in [0.15, 0.2) is 35.0 Å². The van der Waals surface area contributed by atoms with Gasteiger partial charge in [-0.15, -0.1) is 0 Å². The van der Waals surface area contributed by atoms with E-state index in [2.05, 4.69) is 11.4 Å². The zero-order chi connectivity index (χ0) is 12.3. The lowest BCUT2D eigenvalue weighted by atomic mass is 10.0. The number of halogens is 1. The largest absolute Gasteiger partial charge is 0.294 e. The molecule has 1 nitrogen and oxygen atoms in total. The molecule has 2 aromatic rings. The standard InChI is InChI=1S/C14H13ClOS/c1-10-8-12(15)3-4-13(10)14(16)5-2-11-6-7-17-9-11/h3-4,6-9H,2,5H2,1H3. The number of aryl methyl sites for hydroxylation is 2. The van der Waals surface area contributed by atoms with Crippen LogP contribution in [0, 0.1) is 6.92 Å². The molecule has 17 heavy (non-hydrogen) atoms. The van der Waals surface area contributed by atoms with Crippen molar-refractivity contribution in [3.8, 4) is 0 Å². The predicted octanol–water partition coefficient (Wildman–Crippen LogP) is 4.53. The molecule has 0 spiro atoms. The Morgan fingerprint density at radius 3 is 2.82 bits per heavy atom. The van der Waals surface area contributed by atoms with Gasteiger partial charge in [0.2, 0.25) is 0 Å². The number of carbonyl (C=O) groups is 1. The van der Waals surface area contributed by atoms with Crippen LogP contribution in [-0.2, 0) is 6.42 Å². The molecule has 0 aliphatic heterocycles. The number of Topliss-reactive ketones (excluding diaryl/α,β-unsaturated/α-hetero) is 1. The second-order valence-corrected chi connectivity index (χ2v) is 5.23. The van der Waals surface area contributed by atoms with Gasteiger partial charge < -0.3 is 0 Å². The van der Waals surface area contributed by atoms with Crippen molar-refractivity contribution in [3.05, 3.63) is 56.7 Å². The number of rotatable bonds is 4. The Bertz CT molecular complexity index is 517. The van der Waals surface area contributed by atoms with E-state index in [4.69, 9.17) is 11.6 Å². The van der Waals surface area contributed by atoms with E-state index in [1.165, 1.54) is 5.56 Å². The van der Waals surface area contributed by atoms with Gasteiger partial charge in [-0.25, -0.2) is 0 Å². The van der Waals surface area contributed by atoms with Crippen LogP contribution in [-0.4, -0.2) is 5.78 Å². The van der Waals surface area contributed by atoms with Crippen molar-refractivity contribution in [2.75, 3.05) is 0 Å². The molecule has 1 heterocycles. The molecule has 0 bridgehead atoms. The summed E-state index contributed by atoms with van der Waals surface area (Å²) in [5.74, 6) is 0.186. The second-order valence-electron chi connectivity index (χ2n) is 4.01. The minimum absolute atomic E-state index is 0.186. The van der Waals surface area contributed by atoms with Crippen molar-refractivity contribution >= 4 is 28.7 Å². The Morgan fingerprint density at radius 1 is 1.35 bits per heavy atom. The zero-order valence-electron chi connectivity index (χ0n) is 9.57. The van der Waals surface area contributed by atoms with Crippen LogP contribution in [0.3, 0.4) is 0 Å². The molecule has 88 valence electrons. The smallest absolute Gasteiger partial charge is 0.163 e. The fourth-order valence-electron chi connectivity index (χ4n) is 1.77. The average molecular weight is 265 g/mol. The van der Waals surface area contributed by atoms with Crippen molar-refractivity contribution in [3.63, 3.8) is 0 Å². The maximum atomic E-state index is 12.0. The Kier molecular flexibility index (Phi) is 3.97. The first-order chi connectivity index (χ1) is 8.16. The highest BCUT2D eigenvalue weighted by Gasteiger charge is 2.09. The molecule has 0 aliphatic carbocycles. The van der Waals surface area contributed by atoms with E-state index in [1.807, 2.05) is 24.4 Å². The van der Waals surface area contributed by atoms with Gasteiger partial charge in [0.05, 0.1) is 0 Å². The SMILES string of the molecule is Cc1cc(Cl)ccc1C(=O)CCc1ccsc1. The molecule has 0 N–H and O–H groups in total. The first-order valence-corrected chi connectivity index (χ1v) is 6.79. The van der Waals surface area contributed by atoms with E-state index >= 15 is 0 Å². The van der Waals surface area contributed by atoms with Crippen molar-refractivity contribution < 1.29 is 4.79 Å². The van der Waals surface area contributed by atoms with Crippen molar-refractivity contribution in [1.82, 2.24) is 0 Å². The van der Waals surface area contributed by atoms with Crippen LogP contribution in [0.1, 0.15) is 27.9 Å². The summed E-state index contributed by atoms with van der Waals surface area (Å²) >= 11 is 7.53. The summed E-state index contributed by atoms with van der Waals surface area (Å²) in [6.07, 6.45) is 1.36. The molecule has 0 radical (unpaired) electrons. The molecule has 0 atom stereocenters. The van der Waals surface area contributed by atoms with Crippen molar-refractivity contribution in [1.29, 1.82) is 0 Å².